The summed E-state index contributed by atoms with van der Waals surface area (Å²) in [6.07, 6.45) is 4.99. The Morgan fingerprint density at radius 1 is 0.794 bits per heavy atom. The van der Waals surface area contributed by atoms with Crippen molar-refractivity contribution in [1.82, 2.24) is 0 Å². The van der Waals surface area contributed by atoms with Gasteiger partial charge in [0.2, 0.25) is 0 Å². The Kier molecular flexibility index (Phi) is 8.48. The van der Waals surface area contributed by atoms with Gasteiger partial charge in [-0.15, -0.1) is 0 Å². The summed E-state index contributed by atoms with van der Waals surface area (Å²) in [5, 5.41) is 10.8. The van der Waals surface area contributed by atoms with E-state index in [2.05, 4.69) is 41.2 Å². The average Bonchev–Trinajstić information content (AvgIpc) is 2.87. The maximum atomic E-state index is 12.6. The van der Waals surface area contributed by atoms with E-state index in [0.29, 0.717) is 23.5 Å². The number of ether oxygens (including phenoxy) is 1. The first-order valence-corrected chi connectivity index (χ1v) is 10.7. The van der Waals surface area contributed by atoms with Crippen LogP contribution >= 0.6 is 0 Å². The first-order chi connectivity index (χ1) is 16.1. The molecular formula is C27H23ClN2O4. The zero-order valence-corrected chi connectivity index (χ0v) is 19.1. The molecule has 34 heavy (non-hydrogen) atoms. The molecule has 0 amide bonds. The first kappa shape index (κ1) is 24.6. The van der Waals surface area contributed by atoms with Gasteiger partial charge >= 0.3 is 0 Å². The smallest absolute Gasteiger partial charge is 0.269 e. The van der Waals surface area contributed by atoms with Gasteiger partial charge in [0.25, 0.3) is 5.69 Å². The predicted molar refractivity (Wildman–Crippen MR) is 125 cm³/mol. The van der Waals surface area contributed by atoms with Crippen LogP contribution in [0.1, 0.15) is 22.3 Å². The molecule has 0 aliphatic rings. The zero-order chi connectivity index (χ0) is 23.0. The fraction of sp³-hybridized carbons (Fsp3) is 0.111. The number of rotatable bonds is 9. The molecule has 3 aromatic carbocycles. The number of carbonyl (C=O) groups is 1. The molecule has 172 valence electrons. The third-order valence-corrected chi connectivity index (χ3v) is 5.28. The van der Waals surface area contributed by atoms with E-state index in [0.717, 1.165) is 13.0 Å². The molecule has 0 unspecified atom stereocenters. The van der Waals surface area contributed by atoms with Crippen LogP contribution in [0.5, 0.6) is 5.75 Å². The van der Waals surface area contributed by atoms with Gasteiger partial charge in [0.1, 0.15) is 5.75 Å². The van der Waals surface area contributed by atoms with Crippen molar-refractivity contribution in [2.75, 3.05) is 6.61 Å². The SMILES string of the molecule is O=C(c1ccc(OCCC[n+]2ccc(-c3ccccc3)cc2)cc1)c1ccc([N+](=O)[O-])cc1.[Cl-]. The van der Waals surface area contributed by atoms with Gasteiger partial charge in [0, 0.05) is 41.8 Å². The molecular weight excluding hydrogens is 452 g/mol. The minimum Gasteiger partial charge on any atom is -1.00 e. The largest absolute Gasteiger partial charge is 1.00 e. The molecule has 0 saturated heterocycles. The van der Waals surface area contributed by atoms with E-state index < -0.39 is 4.92 Å². The molecule has 0 spiro atoms. The van der Waals surface area contributed by atoms with Gasteiger partial charge in [0.15, 0.2) is 24.7 Å². The second kappa shape index (κ2) is 11.7. The number of hydrogen-bond donors (Lipinski definition) is 0. The van der Waals surface area contributed by atoms with E-state index in [1.807, 2.05) is 18.2 Å². The van der Waals surface area contributed by atoms with Crippen molar-refractivity contribution in [3.05, 3.63) is 125 Å². The summed E-state index contributed by atoms with van der Waals surface area (Å²) in [6, 6.07) is 27.0. The Labute approximate surface area is 204 Å². The first-order valence-electron chi connectivity index (χ1n) is 10.7. The Hall–Kier alpha value is -4.03. The molecule has 1 heterocycles. The van der Waals surface area contributed by atoms with Crippen LogP contribution in [0.2, 0.25) is 0 Å². The number of hydrogen-bond acceptors (Lipinski definition) is 4. The molecule has 0 aliphatic heterocycles. The van der Waals surface area contributed by atoms with Crippen molar-refractivity contribution in [2.24, 2.45) is 0 Å². The average molecular weight is 475 g/mol. The number of aryl methyl sites for hydroxylation is 1. The highest BCUT2D eigenvalue weighted by Gasteiger charge is 2.12. The monoisotopic (exact) mass is 474 g/mol. The Morgan fingerprint density at radius 2 is 1.35 bits per heavy atom. The number of nitro groups is 1. The van der Waals surface area contributed by atoms with Crippen LogP contribution in [0.15, 0.2) is 103 Å². The van der Waals surface area contributed by atoms with Crippen molar-refractivity contribution in [3.63, 3.8) is 0 Å². The fourth-order valence-electron chi connectivity index (χ4n) is 3.47. The highest BCUT2D eigenvalue weighted by atomic mass is 35.5. The number of nitrogens with zero attached hydrogens (tertiary/aromatic N) is 2. The van der Waals surface area contributed by atoms with Crippen molar-refractivity contribution in [2.45, 2.75) is 13.0 Å². The summed E-state index contributed by atoms with van der Waals surface area (Å²) in [5.74, 6) is 0.506. The van der Waals surface area contributed by atoms with E-state index in [1.165, 1.54) is 35.4 Å². The maximum Gasteiger partial charge on any atom is 0.269 e. The van der Waals surface area contributed by atoms with E-state index >= 15 is 0 Å². The molecule has 0 bridgehead atoms. The van der Waals surface area contributed by atoms with Crippen LogP contribution in [-0.2, 0) is 6.54 Å². The van der Waals surface area contributed by atoms with Crippen LogP contribution in [0.3, 0.4) is 0 Å². The summed E-state index contributed by atoms with van der Waals surface area (Å²) >= 11 is 0. The lowest BCUT2D eigenvalue weighted by atomic mass is 10.0. The van der Waals surface area contributed by atoms with E-state index in [4.69, 9.17) is 4.74 Å². The number of halogens is 1. The highest BCUT2D eigenvalue weighted by Crippen LogP contribution is 2.19. The predicted octanol–water partition coefficient (Wildman–Crippen LogP) is 2.25. The highest BCUT2D eigenvalue weighted by molar-refractivity contribution is 6.09. The third-order valence-electron chi connectivity index (χ3n) is 5.28. The second-order valence-electron chi connectivity index (χ2n) is 7.55. The topological polar surface area (TPSA) is 73.3 Å². The van der Waals surface area contributed by atoms with Crippen LogP contribution in [0.25, 0.3) is 11.1 Å². The van der Waals surface area contributed by atoms with Crippen LogP contribution in [0, 0.1) is 10.1 Å². The Bertz CT molecular complexity index is 1230. The van der Waals surface area contributed by atoms with E-state index in [1.54, 1.807) is 24.3 Å². The zero-order valence-electron chi connectivity index (χ0n) is 18.3. The Balaban J connectivity index is 0.00000324. The molecule has 0 aliphatic carbocycles. The van der Waals surface area contributed by atoms with Gasteiger partial charge in [-0.2, -0.15) is 0 Å². The number of ketones is 1. The fourth-order valence-corrected chi connectivity index (χ4v) is 3.47. The lowest BCUT2D eigenvalue weighted by Gasteiger charge is -2.07. The third kappa shape index (κ3) is 6.27. The molecule has 4 aromatic rings. The summed E-state index contributed by atoms with van der Waals surface area (Å²) in [7, 11) is 0. The molecule has 0 saturated carbocycles. The summed E-state index contributed by atoms with van der Waals surface area (Å²) < 4.78 is 7.93. The lowest BCUT2D eigenvalue weighted by Crippen LogP contribution is -3.00. The maximum absolute atomic E-state index is 12.6. The number of aromatic nitrogens is 1. The van der Waals surface area contributed by atoms with Crippen LogP contribution < -0.4 is 21.7 Å². The van der Waals surface area contributed by atoms with Crippen molar-refractivity contribution in [3.8, 4) is 16.9 Å². The number of pyridine rings is 1. The van der Waals surface area contributed by atoms with E-state index in [9.17, 15) is 14.9 Å². The van der Waals surface area contributed by atoms with Crippen molar-refractivity contribution >= 4 is 11.5 Å². The standard InChI is InChI=1S/C27H23N2O4.ClH/c30-27(23-7-11-25(12-8-23)29(31)32)24-9-13-26(14-10-24)33-20-4-17-28-18-15-22(16-19-28)21-5-2-1-3-6-21;/h1-3,5-16,18-19H,4,17,20H2;1H/q+1;/p-1. The molecule has 0 radical (unpaired) electrons. The quantitative estimate of drug-likeness (QED) is 0.123. The molecule has 4 rings (SSSR count). The van der Waals surface area contributed by atoms with Crippen LogP contribution in [-0.4, -0.2) is 17.3 Å². The number of non-ortho nitro benzene ring substituents is 1. The van der Waals surface area contributed by atoms with Gasteiger partial charge in [-0.25, -0.2) is 4.57 Å². The van der Waals surface area contributed by atoms with Crippen LogP contribution in [0.4, 0.5) is 5.69 Å². The molecule has 0 fully saturated rings. The number of carbonyl (C=O) groups excluding carboxylic acids is 1. The van der Waals surface area contributed by atoms with Gasteiger partial charge < -0.3 is 17.1 Å². The van der Waals surface area contributed by atoms with Crippen molar-refractivity contribution < 1.29 is 31.4 Å². The molecule has 0 N–H and O–H groups in total. The van der Waals surface area contributed by atoms with Crippen molar-refractivity contribution in [1.29, 1.82) is 0 Å². The minimum absolute atomic E-state index is 0. The molecule has 1 aromatic heterocycles. The second-order valence-corrected chi connectivity index (χ2v) is 7.55. The number of nitro benzene ring substituents is 1. The van der Waals surface area contributed by atoms with Gasteiger partial charge in [-0.1, -0.05) is 30.3 Å². The molecule has 6 nitrogen and oxygen atoms in total. The normalized spacial score (nSPS) is 10.2. The lowest BCUT2D eigenvalue weighted by molar-refractivity contribution is -0.697. The van der Waals surface area contributed by atoms with E-state index in [-0.39, 0.29) is 23.9 Å². The van der Waals surface area contributed by atoms with Gasteiger partial charge in [-0.3, -0.25) is 14.9 Å². The summed E-state index contributed by atoms with van der Waals surface area (Å²) in [4.78, 5) is 22.8. The minimum atomic E-state index is -0.487. The summed E-state index contributed by atoms with van der Waals surface area (Å²) in [6.45, 7) is 1.40. The van der Waals surface area contributed by atoms with Gasteiger partial charge in [-0.05, 0) is 47.5 Å². The molecule has 7 heteroatoms. The summed E-state index contributed by atoms with van der Waals surface area (Å²) in [5.41, 5.74) is 3.25. The molecule has 0 atom stereocenters. The van der Waals surface area contributed by atoms with Gasteiger partial charge in [0.05, 0.1) is 11.5 Å². The number of benzene rings is 3. The Morgan fingerprint density at radius 3 is 1.94 bits per heavy atom.